The van der Waals surface area contributed by atoms with Gasteiger partial charge >= 0.3 is 0 Å². The van der Waals surface area contributed by atoms with E-state index in [0.717, 1.165) is 5.56 Å². The van der Waals surface area contributed by atoms with Crippen LogP contribution in [0, 0.1) is 6.92 Å². The Bertz CT molecular complexity index is 994. The van der Waals surface area contributed by atoms with Gasteiger partial charge in [-0.3, -0.25) is 9.59 Å². The van der Waals surface area contributed by atoms with Crippen molar-refractivity contribution in [2.45, 2.75) is 13.0 Å². The van der Waals surface area contributed by atoms with Crippen LogP contribution in [-0.4, -0.2) is 59.8 Å². The zero-order valence-electron chi connectivity index (χ0n) is 18.0. The van der Waals surface area contributed by atoms with Crippen molar-refractivity contribution >= 4 is 17.4 Å². The van der Waals surface area contributed by atoms with Gasteiger partial charge in [-0.25, -0.2) is 0 Å². The molecule has 0 aromatic heterocycles. The van der Waals surface area contributed by atoms with E-state index in [9.17, 15) is 14.7 Å². The normalized spacial score (nSPS) is 17.6. The number of amides is 1. The molecule has 2 aromatic rings. The smallest absolute Gasteiger partial charge is 0.295 e. The molecule has 3 rings (SSSR count). The molecule has 32 heavy (non-hydrogen) atoms. The van der Waals surface area contributed by atoms with Crippen molar-refractivity contribution in [3.8, 4) is 5.75 Å². The molecule has 7 heteroatoms. The van der Waals surface area contributed by atoms with Crippen LogP contribution in [0.3, 0.4) is 0 Å². The summed E-state index contributed by atoms with van der Waals surface area (Å²) in [6.07, 6.45) is 1.63. The molecule has 1 heterocycles. The number of aliphatic hydroxyl groups excluding tert-OH is 2. The van der Waals surface area contributed by atoms with E-state index in [2.05, 4.69) is 6.58 Å². The molecule has 168 valence electrons. The summed E-state index contributed by atoms with van der Waals surface area (Å²) in [6.45, 7) is 6.21. The standard InChI is InChI=1S/C25H27NO6/c1-3-14-32-20-10-8-19(9-11-20)23(28)21-22(18-6-4-17(2)5-7-18)26(25(30)24(21)29)12-15-31-16-13-27/h3-11,22,27-28H,1,12-16H2,2H3/t22-/m1/s1. The molecular formula is C25H27NO6. The number of nitrogens with zero attached hydrogens (tertiary/aromatic N) is 1. The SMILES string of the molecule is C=CCOc1ccc(C(O)=C2C(=O)C(=O)N(CCOCCO)[C@@H]2c2ccc(C)cc2)cc1. The maximum atomic E-state index is 13.0. The van der Waals surface area contributed by atoms with Crippen LogP contribution in [0.2, 0.25) is 0 Å². The fourth-order valence-corrected chi connectivity index (χ4v) is 3.56. The van der Waals surface area contributed by atoms with Crippen LogP contribution in [0.25, 0.3) is 5.76 Å². The first-order valence-corrected chi connectivity index (χ1v) is 10.4. The Morgan fingerprint density at radius 2 is 1.78 bits per heavy atom. The first-order chi connectivity index (χ1) is 15.5. The largest absolute Gasteiger partial charge is 0.507 e. The molecule has 0 saturated carbocycles. The highest BCUT2D eigenvalue weighted by molar-refractivity contribution is 6.46. The highest BCUT2D eigenvalue weighted by atomic mass is 16.5. The molecule has 1 fully saturated rings. The average molecular weight is 437 g/mol. The zero-order chi connectivity index (χ0) is 23.1. The Balaban J connectivity index is 2.00. The van der Waals surface area contributed by atoms with Crippen LogP contribution in [-0.2, 0) is 14.3 Å². The van der Waals surface area contributed by atoms with Gasteiger partial charge in [0.25, 0.3) is 11.7 Å². The minimum Gasteiger partial charge on any atom is -0.507 e. The number of carbonyl (C=O) groups is 2. The van der Waals surface area contributed by atoms with Crippen LogP contribution in [0.5, 0.6) is 5.75 Å². The zero-order valence-corrected chi connectivity index (χ0v) is 18.0. The van der Waals surface area contributed by atoms with E-state index in [1.807, 2.05) is 31.2 Å². The Hall–Kier alpha value is -3.42. The van der Waals surface area contributed by atoms with E-state index in [-0.39, 0.29) is 37.7 Å². The lowest BCUT2D eigenvalue weighted by molar-refractivity contribution is -0.140. The Morgan fingerprint density at radius 1 is 1.09 bits per heavy atom. The van der Waals surface area contributed by atoms with Gasteiger partial charge in [0.2, 0.25) is 0 Å². The number of carbonyl (C=O) groups excluding carboxylic acids is 2. The van der Waals surface area contributed by atoms with Gasteiger partial charge in [-0.2, -0.15) is 0 Å². The number of aliphatic hydroxyl groups is 2. The molecule has 2 N–H and O–H groups in total. The van der Waals surface area contributed by atoms with Crippen molar-refractivity contribution in [3.05, 3.63) is 83.4 Å². The van der Waals surface area contributed by atoms with Crippen LogP contribution in [0.15, 0.2) is 66.8 Å². The minimum atomic E-state index is -0.748. The molecule has 0 unspecified atom stereocenters. The van der Waals surface area contributed by atoms with Crippen LogP contribution >= 0.6 is 0 Å². The Labute approximate surface area is 187 Å². The van der Waals surface area contributed by atoms with E-state index in [0.29, 0.717) is 23.5 Å². The number of hydrogen-bond acceptors (Lipinski definition) is 6. The number of aryl methyl sites for hydroxylation is 1. The summed E-state index contributed by atoms with van der Waals surface area (Å²) in [5.74, 6) is -1.10. The van der Waals surface area contributed by atoms with E-state index in [1.165, 1.54) is 4.90 Å². The fourth-order valence-electron chi connectivity index (χ4n) is 3.56. The highest BCUT2D eigenvalue weighted by Crippen LogP contribution is 2.39. The lowest BCUT2D eigenvalue weighted by Crippen LogP contribution is -2.33. The molecule has 0 aliphatic carbocycles. The second kappa shape index (κ2) is 10.7. The van der Waals surface area contributed by atoms with Gasteiger partial charge in [0, 0.05) is 12.1 Å². The van der Waals surface area contributed by atoms with Crippen LogP contribution < -0.4 is 4.74 Å². The first-order valence-electron chi connectivity index (χ1n) is 10.4. The number of ether oxygens (including phenoxy) is 2. The van der Waals surface area contributed by atoms with Gasteiger partial charge in [-0.05, 0) is 36.8 Å². The van der Waals surface area contributed by atoms with Gasteiger partial charge < -0.3 is 24.6 Å². The van der Waals surface area contributed by atoms with Crippen molar-refractivity contribution in [3.63, 3.8) is 0 Å². The first kappa shape index (κ1) is 23.2. The predicted octanol–water partition coefficient (Wildman–Crippen LogP) is 2.99. The van der Waals surface area contributed by atoms with Crippen molar-refractivity contribution in [2.75, 3.05) is 33.0 Å². The third kappa shape index (κ3) is 5.07. The number of likely N-dealkylation sites (tertiary alicyclic amines) is 1. The summed E-state index contributed by atoms with van der Waals surface area (Å²) in [6, 6.07) is 13.4. The van der Waals surface area contributed by atoms with Gasteiger partial charge in [0.05, 0.1) is 31.4 Å². The molecule has 2 aromatic carbocycles. The number of benzene rings is 2. The lowest BCUT2D eigenvalue weighted by atomic mass is 9.94. The summed E-state index contributed by atoms with van der Waals surface area (Å²) >= 11 is 0. The quantitative estimate of drug-likeness (QED) is 0.195. The molecule has 0 radical (unpaired) electrons. The topological polar surface area (TPSA) is 96.3 Å². The van der Waals surface area contributed by atoms with Crippen LogP contribution in [0.4, 0.5) is 0 Å². The summed E-state index contributed by atoms with van der Waals surface area (Å²) in [5.41, 5.74) is 2.18. The van der Waals surface area contributed by atoms with Crippen molar-refractivity contribution in [1.29, 1.82) is 0 Å². The molecule has 1 saturated heterocycles. The van der Waals surface area contributed by atoms with Crippen molar-refractivity contribution in [1.82, 2.24) is 4.90 Å². The molecule has 1 atom stereocenters. The number of Topliss-reactive ketones (excluding diaryl/α,β-unsaturated/α-hetero) is 1. The Morgan fingerprint density at radius 3 is 2.41 bits per heavy atom. The number of hydrogen-bond donors (Lipinski definition) is 2. The molecule has 0 bridgehead atoms. The summed E-state index contributed by atoms with van der Waals surface area (Å²) in [4.78, 5) is 27.2. The average Bonchev–Trinajstić information content (AvgIpc) is 3.06. The van der Waals surface area contributed by atoms with Crippen molar-refractivity contribution < 1.29 is 29.3 Å². The molecular weight excluding hydrogens is 410 g/mol. The Kier molecular flexibility index (Phi) is 7.81. The van der Waals surface area contributed by atoms with Crippen molar-refractivity contribution in [2.24, 2.45) is 0 Å². The molecule has 1 aliphatic heterocycles. The molecule has 1 amide bonds. The third-order valence-electron chi connectivity index (χ3n) is 5.14. The highest BCUT2D eigenvalue weighted by Gasteiger charge is 2.45. The number of rotatable bonds is 10. The summed E-state index contributed by atoms with van der Waals surface area (Å²) in [7, 11) is 0. The van der Waals surface area contributed by atoms with E-state index < -0.39 is 17.7 Å². The van der Waals surface area contributed by atoms with Gasteiger partial charge in [0.1, 0.15) is 18.1 Å². The fraction of sp³-hybridized carbons (Fsp3) is 0.280. The third-order valence-corrected chi connectivity index (χ3v) is 5.14. The lowest BCUT2D eigenvalue weighted by Gasteiger charge is -2.25. The number of ketones is 1. The minimum absolute atomic E-state index is 0.0285. The van der Waals surface area contributed by atoms with Crippen LogP contribution in [0.1, 0.15) is 22.7 Å². The maximum Gasteiger partial charge on any atom is 0.295 e. The predicted molar refractivity (Wildman–Crippen MR) is 120 cm³/mol. The molecule has 1 aliphatic rings. The second-order valence-electron chi connectivity index (χ2n) is 7.36. The van der Waals surface area contributed by atoms with Gasteiger partial charge in [-0.1, -0.05) is 42.5 Å². The molecule has 7 nitrogen and oxygen atoms in total. The van der Waals surface area contributed by atoms with Gasteiger partial charge in [0.15, 0.2) is 0 Å². The second-order valence-corrected chi connectivity index (χ2v) is 7.36. The maximum absolute atomic E-state index is 13.0. The van der Waals surface area contributed by atoms with E-state index in [4.69, 9.17) is 14.6 Å². The van der Waals surface area contributed by atoms with E-state index in [1.54, 1.807) is 30.3 Å². The summed E-state index contributed by atoms with van der Waals surface area (Å²) < 4.78 is 10.8. The monoisotopic (exact) mass is 437 g/mol. The van der Waals surface area contributed by atoms with E-state index >= 15 is 0 Å². The summed E-state index contributed by atoms with van der Waals surface area (Å²) in [5, 5.41) is 20.0. The van der Waals surface area contributed by atoms with Gasteiger partial charge in [-0.15, -0.1) is 0 Å². The molecule has 0 spiro atoms.